The van der Waals surface area contributed by atoms with Crippen LogP contribution in [-0.4, -0.2) is 40.3 Å². The lowest BCUT2D eigenvalue weighted by molar-refractivity contribution is -0.154. The Morgan fingerprint density at radius 2 is 1.71 bits per heavy atom. The van der Waals surface area contributed by atoms with Gasteiger partial charge in [0, 0.05) is 17.8 Å². The SMILES string of the molecule is CC[C@H]1C[C@@H](C)C(=O)/C=C/C(C)=C/[C@H](C)[C@@H](CC)OC(=O)C[C@@H](O)[C@H](C)[C@H]1O. The number of carbonyl (C=O) groups excluding carboxylic acids is 2. The number of ether oxygens (including phenoxy) is 1. The smallest absolute Gasteiger partial charge is 0.308 e. The molecule has 0 fully saturated rings. The molecule has 0 bridgehead atoms. The maximum absolute atomic E-state index is 12.5. The van der Waals surface area contributed by atoms with Crippen LogP contribution in [0.1, 0.15) is 67.2 Å². The molecule has 0 saturated heterocycles. The first-order valence-electron chi connectivity index (χ1n) is 10.6. The molecule has 1 heterocycles. The molecule has 0 amide bonds. The molecule has 28 heavy (non-hydrogen) atoms. The van der Waals surface area contributed by atoms with Crippen molar-refractivity contribution >= 4 is 11.8 Å². The van der Waals surface area contributed by atoms with E-state index >= 15 is 0 Å². The molecule has 0 spiro atoms. The van der Waals surface area contributed by atoms with Crippen LogP contribution in [0, 0.1) is 23.7 Å². The van der Waals surface area contributed by atoms with Gasteiger partial charge < -0.3 is 14.9 Å². The van der Waals surface area contributed by atoms with Crippen LogP contribution in [0.4, 0.5) is 0 Å². The zero-order chi connectivity index (χ0) is 21.4. The molecule has 7 atom stereocenters. The van der Waals surface area contributed by atoms with Gasteiger partial charge >= 0.3 is 5.97 Å². The molecule has 2 N–H and O–H groups in total. The minimum absolute atomic E-state index is 0.0105. The number of carbonyl (C=O) groups is 2. The zero-order valence-corrected chi connectivity index (χ0v) is 18.2. The van der Waals surface area contributed by atoms with Crippen molar-refractivity contribution < 1.29 is 24.5 Å². The Kier molecular flexibility index (Phi) is 10.1. The van der Waals surface area contributed by atoms with E-state index in [-0.39, 0.29) is 36.1 Å². The number of allylic oxidation sites excluding steroid dienone is 3. The molecule has 0 saturated carbocycles. The molecule has 160 valence electrons. The maximum Gasteiger partial charge on any atom is 0.308 e. The minimum Gasteiger partial charge on any atom is -0.462 e. The Labute approximate surface area is 169 Å². The number of hydrogen-bond donors (Lipinski definition) is 2. The fourth-order valence-electron chi connectivity index (χ4n) is 3.87. The normalized spacial score (nSPS) is 39.7. The second-order valence-electron chi connectivity index (χ2n) is 8.37. The van der Waals surface area contributed by atoms with E-state index in [2.05, 4.69) is 0 Å². The fourth-order valence-corrected chi connectivity index (χ4v) is 3.87. The lowest BCUT2D eigenvalue weighted by atomic mass is 9.80. The van der Waals surface area contributed by atoms with Crippen molar-refractivity contribution in [3.63, 3.8) is 0 Å². The van der Waals surface area contributed by atoms with E-state index in [4.69, 9.17) is 4.74 Å². The Morgan fingerprint density at radius 1 is 1.07 bits per heavy atom. The molecule has 1 aliphatic heterocycles. The first-order chi connectivity index (χ1) is 13.1. The molecular formula is C23H38O5. The van der Waals surface area contributed by atoms with E-state index in [1.807, 2.05) is 40.7 Å². The summed E-state index contributed by atoms with van der Waals surface area (Å²) in [7, 11) is 0. The molecule has 0 radical (unpaired) electrons. The highest BCUT2D eigenvalue weighted by molar-refractivity contribution is 5.91. The van der Waals surface area contributed by atoms with Crippen LogP contribution in [0.5, 0.6) is 0 Å². The lowest BCUT2D eigenvalue weighted by Crippen LogP contribution is -2.38. The van der Waals surface area contributed by atoms with Gasteiger partial charge in [-0.1, -0.05) is 58.8 Å². The van der Waals surface area contributed by atoms with Crippen molar-refractivity contribution in [1.82, 2.24) is 0 Å². The third kappa shape index (κ3) is 7.17. The van der Waals surface area contributed by atoms with Crippen LogP contribution in [-0.2, 0) is 14.3 Å². The summed E-state index contributed by atoms with van der Waals surface area (Å²) in [5.41, 5.74) is 0.940. The number of aliphatic hydroxyl groups is 2. The van der Waals surface area contributed by atoms with E-state index in [0.29, 0.717) is 19.3 Å². The number of cyclic esters (lactones) is 1. The second-order valence-corrected chi connectivity index (χ2v) is 8.37. The van der Waals surface area contributed by atoms with Gasteiger partial charge in [0.15, 0.2) is 5.78 Å². The van der Waals surface area contributed by atoms with Crippen molar-refractivity contribution in [2.24, 2.45) is 23.7 Å². The summed E-state index contributed by atoms with van der Waals surface area (Å²) in [6, 6.07) is 0. The molecule has 0 aliphatic carbocycles. The van der Waals surface area contributed by atoms with Gasteiger partial charge in [-0.15, -0.1) is 0 Å². The minimum atomic E-state index is -0.986. The van der Waals surface area contributed by atoms with Crippen LogP contribution in [0.2, 0.25) is 0 Å². The number of aliphatic hydroxyl groups excluding tert-OH is 2. The van der Waals surface area contributed by atoms with Crippen LogP contribution in [0.25, 0.3) is 0 Å². The van der Waals surface area contributed by atoms with Gasteiger partial charge in [-0.3, -0.25) is 9.59 Å². The van der Waals surface area contributed by atoms with Gasteiger partial charge in [-0.05, 0) is 31.8 Å². The van der Waals surface area contributed by atoms with E-state index < -0.39 is 24.1 Å². The van der Waals surface area contributed by atoms with E-state index in [9.17, 15) is 19.8 Å². The topological polar surface area (TPSA) is 83.8 Å². The average Bonchev–Trinajstić information content (AvgIpc) is 2.65. The number of hydrogen-bond acceptors (Lipinski definition) is 5. The quantitative estimate of drug-likeness (QED) is 0.696. The molecule has 0 unspecified atom stereocenters. The summed E-state index contributed by atoms with van der Waals surface area (Å²) >= 11 is 0. The molecule has 1 aliphatic rings. The van der Waals surface area contributed by atoms with Gasteiger partial charge in [0.2, 0.25) is 0 Å². The Bertz CT molecular complexity index is 580. The molecule has 5 heteroatoms. The molecule has 0 aromatic rings. The maximum atomic E-state index is 12.5. The van der Waals surface area contributed by atoms with E-state index in [0.717, 1.165) is 5.57 Å². The van der Waals surface area contributed by atoms with E-state index in [1.165, 1.54) is 0 Å². The monoisotopic (exact) mass is 394 g/mol. The van der Waals surface area contributed by atoms with Crippen molar-refractivity contribution in [3.8, 4) is 0 Å². The van der Waals surface area contributed by atoms with Crippen LogP contribution in [0.3, 0.4) is 0 Å². The summed E-state index contributed by atoms with van der Waals surface area (Å²) in [6.07, 6.45) is 5.07. The predicted molar refractivity (Wildman–Crippen MR) is 111 cm³/mol. The molecule has 0 aromatic heterocycles. The van der Waals surface area contributed by atoms with Gasteiger partial charge in [0.1, 0.15) is 6.10 Å². The molecular weight excluding hydrogens is 356 g/mol. The Hall–Kier alpha value is -1.46. The van der Waals surface area contributed by atoms with Gasteiger partial charge in [-0.2, -0.15) is 0 Å². The largest absolute Gasteiger partial charge is 0.462 e. The summed E-state index contributed by atoms with van der Waals surface area (Å²) in [5.74, 6) is -1.25. The number of rotatable bonds is 2. The molecule has 5 nitrogen and oxygen atoms in total. The zero-order valence-electron chi connectivity index (χ0n) is 18.2. The lowest BCUT2D eigenvalue weighted by Gasteiger charge is -2.31. The number of esters is 1. The molecule has 0 aromatic carbocycles. The van der Waals surface area contributed by atoms with Gasteiger partial charge in [0.25, 0.3) is 0 Å². The average molecular weight is 395 g/mol. The predicted octanol–water partition coefficient (Wildman–Crippen LogP) is 3.83. The second kappa shape index (κ2) is 11.5. The van der Waals surface area contributed by atoms with Gasteiger partial charge in [-0.25, -0.2) is 0 Å². The Balaban J connectivity index is 3.18. The third-order valence-electron chi connectivity index (χ3n) is 5.98. The van der Waals surface area contributed by atoms with Crippen molar-refractivity contribution in [1.29, 1.82) is 0 Å². The summed E-state index contributed by atoms with van der Waals surface area (Å²) in [6.45, 7) is 11.4. The highest BCUT2D eigenvalue weighted by atomic mass is 16.5. The fraction of sp³-hybridized carbons (Fsp3) is 0.739. The highest BCUT2D eigenvalue weighted by Gasteiger charge is 2.32. The van der Waals surface area contributed by atoms with Crippen LogP contribution < -0.4 is 0 Å². The third-order valence-corrected chi connectivity index (χ3v) is 5.98. The van der Waals surface area contributed by atoms with Crippen molar-refractivity contribution in [2.75, 3.05) is 0 Å². The standard InChI is InChI=1S/C23H38O5/c1-7-18-12-15(4)19(24)10-9-14(3)11-16(5)21(8-2)28-22(26)13-20(25)17(6)23(18)27/h9-11,15-18,20-21,23,25,27H,7-8,12-13H2,1-6H3/b10-9+,14-11+/t15-,16+,17+,18+,20-,21-,23-/m1/s1. The van der Waals surface area contributed by atoms with Crippen LogP contribution in [0.15, 0.2) is 23.8 Å². The first kappa shape index (κ1) is 24.6. The van der Waals surface area contributed by atoms with Crippen molar-refractivity contribution in [3.05, 3.63) is 23.8 Å². The Morgan fingerprint density at radius 3 is 2.29 bits per heavy atom. The van der Waals surface area contributed by atoms with Gasteiger partial charge in [0.05, 0.1) is 18.6 Å². The molecule has 1 rings (SSSR count). The summed E-state index contributed by atoms with van der Waals surface area (Å²) in [5, 5.41) is 21.2. The summed E-state index contributed by atoms with van der Waals surface area (Å²) in [4.78, 5) is 24.8. The van der Waals surface area contributed by atoms with E-state index in [1.54, 1.807) is 19.1 Å². The highest BCUT2D eigenvalue weighted by Crippen LogP contribution is 2.28. The number of ketones is 1. The first-order valence-corrected chi connectivity index (χ1v) is 10.6. The van der Waals surface area contributed by atoms with Crippen LogP contribution >= 0.6 is 0 Å². The summed E-state index contributed by atoms with van der Waals surface area (Å²) < 4.78 is 5.59. The van der Waals surface area contributed by atoms with Crippen molar-refractivity contribution in [2.45, 2.75) is 85.5 Å².